The van der Waals surface area contributed by atoms with Crippen molar-refractivity contribution in [3.05, 3.63) is 41.9 Å². The van der Waals surface area contributed by atoms with Crippen molar-refractivity contribution in [2.75, 3.05) is 5.32 Å². The molecule has 5 heteroatoms. The van der Waals surface area contributed by atoms with Crippen LogP contribution in [-0.4, -0.2) is 14.8 Å². The molecule has 104 valence electrons. The number of aryl methyl sites for hydroxylation is 1. The van der Waals surface area contributed by atoms with Crippen LogP contribution in [0, 0.1) is 16.7 Å². The van der Waals surface area contributed by atoms with Crippen LogP contribution in [0.2, 0.25) is 0 Å². The largest absolute Gasteiger partial charge is 0.363 e. The number of anilines is 1. The van der Waals surface area contributed by atoms with Crippen LogP contribution in [0.5, 0.6) is 0 Å². The molecule has 0 aromatic carbocycles. The first-order chi connectivity index (χ1) is 9.40. The van der Waals surface area contributed by atoms with Gasteiger partial charge in [-0.3, -0.25) is 4.68 Å². The van der Waals surface area contributed by atoms with E-state index in [-0.39, 0.29) is 11.5 Å². The fourth-order valence-corrected chi connectivity index (χ4v) is 2.12. The number of nitrogens with zero attached hydrogens (tertiary/aromatic N) is 4. The molecule has 1 unspecified atom stereocenters. The highest BCUT2D eigenvalue weighted by atomic mass is 15.2. The number of rotatable bonds is 3. The molecular formula is C15H19N5. The topological polar surface area (TPSA) is 66.5 Å². The summed E-state index contributed by atoms with van der Waals surface area (Å²) in [5, 5.41) is 16.6. The molecule has 2 heterocycles. The maximum absolute atomic E-state index is 8.96. The summed E-state index contributed by atoms with van der Waals surface area (Å²) in [6.07, 6.45) is 5.50. The van der Waals surface area contributed by atoms with Crippen molar-refractivity contribution in [3.8, 4) is 6.07 Å². The minimum atomic E-state index is -0.00659. The minimum Gasteiger partial charge on any atom is -0.363 e. The van der Waals surface area contributed by atoms with E-state index >= 15 is 0 Å². The van der Waals surface area contributed by atoms with Gasteiger partial charge in [-0.15, -0.1) is 0 Å². The predicted molar refractivity (Wildman–Crippen MR) is 78.0 cm³/mol. The molecule has 2 rings (SSSR count). The summed E-state index contributed by atoms with van der Waals surface area (Å²) in [6.45, 7) is 6.48. The molecule has 2 aromatic rings. The normalized spacial score (nSPS) is 12.8. The van der Waals surface area contributed by atoms with Crippen molar-refractivity contribution in [1.82, 2.24) is 14.8 Å². The Morgan fingerprint density at radius 1 is 1.40 bits per heavy atom. The molecule has 20 heavy (non-hydrogen) atoms. The summed E-state index contributed by atoms with van der Waals surface area (Å²) in [6, 6.07) is 5.65. The maximum atomic E-state index is 8.96. The SMILES string of the molecule is Cn1cc(C(Nc2cc(C#N)ccn2)C(C)(C)C)cn1. The van der Waals surface area contributed by atoms with E-state index in [0.29, 0.717) is 11.4 Å². The Morgan fingerprint density at radius 2 is 2.15 bits per heavy atom. The highest BCUT2D eigenvalue weighted by Gasteiger charge is 2.27. The van der Waals surface area contributed by atoms with Crippen LogP contribution in [0.25, 0.3) is 0 Å². The van der Waals surface area contributed by atoms with Crippen molar-refractivity contribution >= 4 is 5.82 Å². The molecule has 0 aliphatic heterocycles. The van der Waals surface area contributed by atoms with E-state index in [1.807, 2.05) is 19.4 Å². The average Bonchev–Trinajstić information content (AvgIpc) is 2.81. The molecule has 5 nitrogen and oxygen atoms in total. The zero-order valence-corrected chi connectivity index (χ0v) is 12.3. The van der Waals surface area contributed by atoms with E-state index in [4.69, 9.17) is 5.26 Å². The Morgan fingerprint density at radius 3 is 2.70 bits per heavy atom. The van der Waals surface area contributed by atoms with Gasteiger partial charge in [-0.25, -0.2) is 4.98 Å². The van der Waals surface area contributed by atoms with Gasteiger partial charge in [-0.05, 0) is 17.5 Å². The van der Waals surface area contributed by atoms with Crippen LogP contribution in [0.3, 0.4) is 0 Å². The lowest BCUT2D eigenvalue weighted by Crippen LogP contribution is -2.25. The van der Waals surface area contributed by atoms with Crippen LogP contribution in [0.1, 0.15) is 37.9 Å². The van der Waals surface area contributed by atoms with Gasteiger partial charge in [0.1, 0.15) is 5.82 Å². The van der Waals surface area contributed by atoms with Gasteiger partial charge in [0.15, 0.2) is 0 Å². The fraction of sp³-hybridized carbons (Fsp3) is 0.400. The Bertz CT molecular complexity index is 630. The van der Waals surface area contributed by atoms with E-state index in [9.17, 15) is 0 Å². The van der Waals surface area contributed by atoms with Gasteiger partial charge in [-0.2, -0.15) is 10.4 Å². The Labute approximate surface area is 119 Å². The predicted octanol–water partition coefficient (Wildman–Crippen LogP) is 2.89. The third kappa shape index (κ3) is 3.15. The molecule has 0 amide bonds. The van der Waals surface area contributed by atoms with Crippen molar-refractivity contribution in [2.45, 2.75) is 26.8 Å². The second-order valence-corrected chi connectivity index (χ2v) is 5.93. The fourth-order valence-electron chi connectivity index (χ4n) is 2.12. The molecule has 0 fully saturated rings. The zero-order valence-electron chi connectivity index (χ0n) is 12.3. The highest BCUT2D eigenvalue weighted by molar-refractivity contribution is 5.44. The Hall–Kier alpha value is -2.35. The van der Waals surface area contributed by atoms with Crippen LogP contribution in [0.4, 0.5) is 5.82 Å². The summed E-state index contributed by atoms with van der Waals surface area (Å²) in [4.78, 5) is 4.28. The molecule has 1 N–H and O–H groups in total. The second-order valence-electron chi connectivity index (χ2n) is 5.93. The van der Waals surface area contributed by atoms with Crippen molar-refractivity contribution < 1.29 is 0 Å². The smallest absolute Gasteiger partial charge is 0.127 e. The molecule has 1 atom stereocenters. The number of nitriles is 1. The van der Waals surface area contributed by atoms with Gasteiger partial charge in [0.2, 0.25) is 0 Å². The Kier molecular flexibility index (Phi) is 3.75. The van der Waals surface area contributed by atoms with Gasteiger partial charge in [0, 0.05) is 25.0 Å². The van der Waals surface area contributed by atoms with E-state index in [1.165, 1.54) is 0 Å². The Balaban J connectivity index is 2.31. The summed E-state index contributed by atoms with van der Waals surface area (Å²) >= 11 is 0. The summed E-state index contributed by atoms with van der Waals surface area (Å²) < 4.78 is 1.79. The first-order valence-electron chi connectivity index (χ1n) is 6.51. The van der Waals surface area contributed by atoms with Crippen molar-refractivity contribution in [1.29, 1.82) is 5.26 Å². The first kappa shape index (κ1) is 14.1. The third-order valence-corrected chi connectivity index (χ3v) is 3.11. The minimum absolute atomic E-state index is 0.00659. The van der Waals surface area contributed by atoms with E-state index in [1.54, 1.807) is 23.0 Å². The monoisotopic (exact) mass is 269 g/mol. The third-order valence-electron chi connectivity index (χ3n) is 3.11. The molecule has 0 aliphatic rings. The van der Waals surface area contributed by atoms with Crippen LogP contribution < -0.4 is 5.32 Å². The second kappa shape index (κ2) is 5.33. The van der Waals surface area contributed by atoms with Crippen LogP contribution in [0.15, 0.2) is 30.7 Å². The first-order valence-corrected chi connectivity index (χ1v) is 6.51. The summed E-state index contributed by atoms with van der Waals surface area (Å²) in [5.74, 6) is 0.702. The maximum Gasteiger partial charge on any atom is 0.127 e. The number of nitrogens with one attached hydrogen (secondary N) is 1. The van der Waals surface area contributed by atoms with Gasteiger partial charge in [-0.1, -0.05) is 20.8 Å². The van der Waals surface area contributed by atoms with Gasteiger partial charge in [0.25, 0.3) is 0 Å². The molecule has 0 radical (unpaired) electrons. The number of aromatic nitrogens is 3. The molecule has 0 spiro atoms. The van der Waals surface area contributed by atoms with E-state index in [2.05, 4.69) is 42.2 Å². The van der Waals surface area contributed by atoms with Crippen LogP contribution >= 0.6 is 0 Å². The lowest BCUT2D eigenvalue weighted by molar-refractivity contribution is 0.347. The quantitative estimate of drug-likeness (QED) is 0.930. The molecular weight excluding hydrogens is 250 g/mol. The van der Waals surface area contributed by atoms with E-state index < -0.39 is 0 Å². The van der Waals surface area contributed by atoms with Crippen LogP contribution in [-0.2, 0) is 7.05 Å². The van der Waals surface area contributed by atoms with Gasteiger partial charge >= 0.3 is 0 Å². The molecule has 2 aromatic heterocycles. The van der Waals surface area contributed by atoms with E-state index in [0.717, 1.165) is 5.56 Å². The standard InChI is InChI=1S/C15H19N5/c1-15(2,3)14(12-9-18-20(4)10-12)19-13-7-11(8-16)5-6-17-13/h5-7,9-10,14H,1-4H3,(H,17,19). The zero-order chi connectivity index (χ0) is 14.8. The summed E-state index contributed by atoms with van der Waals surface area (Å²) in [7, 11) is 1.90. The average molecular weight is 269 g/mol. The van der Waals surface area contributed by atoms with Crippen molar-refractivity contribution in [3.63, 3.8) is 0 Å². The molecule has 0 saturated carbocycles. The number of pyridine rings is 1. The molecule has 0 aliphatic carbocycles. The summed E-state index contributed by atoms with van der Waals surface area (Å²) in [5.41, 5.74) is 1.69. The molecule has 0 saturated heterocycles. The number of hydrogen-bond donors (Lipinski definition) is 1. The van der Waals surface area contributed by atoms with Gasteiger partial charge in [0.05, 0.1) is 23.9 Å². The lowest BCUT2D eigenvalue weighted by atomic mass is 9.83. The highest BCUT2D eigenvalue weighted by Crippen LogP contribution is 2.35. The number of hydrogen-bond acceptors (Lipinski definition) is 4. The lowest BCUT2D eigenvalue weighted by Gasteiger charge is -2.31. The van der Waals surface area contributed by atoms with Gasteiger partial charge < -0.3 is 5.32 Å². The molecule has 0 bridgehead atoms. The van der Waals surface area contributed by atoms with Crippen molar-refractivity contribution in [2.24, 2.45) is 12.5 Å².